The maximum atomic E-state index is 14.5. The van der Waals surface area contributed by atoms with Crippen molar-refractivity contribution in [1.29, 1.82) is 0 Å². The second kappa shape index (κ2) is 8.73. The number of aliphatic hydroxyl groups is 1. The topological polar surface area (TPSA) is 102 Å². The molecule has 0 unspecified atom stereocenters. The minimum atomic E-state index is -3.04. The molecule has 0 saturated heterocycles. The molecule has 1 amide bonds. The van der Waals surface area contributed by atoms with Gasteiger partial charge in [0, 0.05) is 4.88 Å². The van der Waals surface area contributed by atoms with Crippen molar-refractivity contribution in [1.82, 2.24) is 0 Å². The van der Waals surface area contributed by atoms with Crippen LogP contribution in [-0.4, -0.2) is 11.0 Å². The summed E-state index contributed by atoms with van der Waals surface area (Å²) in [5.41, 5.74) is 1.12. The molecule has 0 aliphatic carbocycles. The van der Waals surface area contributed by atoms with Crippen molar-refractivity contribution >= 4 is 27.4 Å². The average molecular weight is 442 g/mol. The van der Waals surface area contributed by atoms with Crippen LogP contribution in [0.5, 0.6) is 0 Å². The first-order valence-corrected chi connectivity index (χ1v) is 12.3. The van der Waals surface area contributed by atoms with Gasteiger partial charge in [-0.2, -0.15) is 4.36 Å². The van der Waals surface area contributed by atoms with Crippen molar-refractivity contribution in [2.24, 2.45) is 14.6 Å². The standard InChI is InChI=1S/C21H32FN3O2S2/c1-12(2)14-7-8-16(22)20(13(3)4)15(14)11-18(26)25-29(23,24)19-10-9-17(28-19)21(5,6)27/h7-10,12-13,27,29H,11H2,1-6H3,(H4,23,24,25,26). The number of carbonyl (C=O) groups is 1. The smallest absolute Gasteiger partial charge is 0.256 e. The summed E-state index contributed by atoms with van der Waals surface area (Å²) in [6, 6.07) is 6.65. The zero-order chi connectivity index (χ0) is 22.1. The number of nitrogens with zero attached hydrogens (tertiary/aromatic N) is 1. The normalized spacial score (nSPS) is 13.2. The van der Waals surface area contributed by atoms with E-state index in [0.717, 1.165) is 5.56 Å². The Labute approximate surface area is 177 Å². The lowest BCUT2D eigenvalue weighted by molar-refractivity contribution is -0.117. The molecular formula is C21H32FN3O2S2. The highest BCUT2D eigenvalue weighted by Crippen LogP contribution is 2.33. The summed E-state index contributed by atoms with van der Waals surface area (Å²) in [6.45, 7) is 11.2. The molecule has 0 spiro atoms. The van der Waals surface area contributed by atoms with Gasteiger partial charge in [-0.05, 0) is 60.6 Å². The number of hydrogen-bond donors (Lipinski definition) is 4. The van der Waals surface area contributed by atoms with Gasteiger partial charge in [0.1, 0.15) is 5.82 Å². The predicted octanol–water partition coefficient (Wildman–Crippen LogP) is 4.31. The molecule has 0 atom stereocenters. The van der Waals surface area contributed by atoms with Crippen LogP contribution in [0.3, 0.4) is 0 Å². The van der Waals surface area contributed by atoms with Gasteiger partial charge in [-0.15, -0.1) is 11.3 Å². The molecule has 162 valence electrons. The van der Waals surface area contributed by atoms with E-state index in [4.69, 9.17) is 10.3 Å². The Morgan fingerprint density at radius 1 is 1.17 bits per heavy atom. The Kier molecular flexibility index (Phi) is 7.17. The van der Waals surface area contributed by atoms with E-state index in [9.17, 15) is 14.3 Å². The molecule has 5 nitrogen and oxygen atoms in total. The third-order valence-corrected chi connectivity index (χ3v) is 8.45. The maximum absolute atomic E-state index is 14.5. The molecule has 2 aromatic rings. The van der Waals surface area contributed by atoms with Gasteiger partial charge in [0.05, 0.1) is 16.2 Å². The van der Waals surface area contributed by atoms with Gasteiger partial charge in [0.25, 0.3) is 5.91 Å². The number of halogens is 1. The summed E-state index contributed by atoms with van der Waals surface area (Å²) >= 11 is 1.26. The number of thiophene rings is 1. The van der Waals surface area contributed by atoms with Crippen LogP contribution >= 0.6 is 11.3 Å². The summed E-state index contributed by atoms with van der Waals surface area (Å²) in [5.74, 6) is -0.714. The molecule has 0 aliphatic heterocycles. The second-order valence-electron chi connectivity index (χ2n) is 8.44. The van der Waals surface area contributed by atoms with Crippen molar-refractivity contribution in [3.8, 4) is 0 Å². The number of hydrogen-bond acceptors (Lipinski definition) is 3. The van der Waals surface area contributed by atoms with E-state index in [1.165, 1.54) is 17.4 Å². The molecule has 0 aliphatic rings. The number of rotatable bonds is 6. The summed E-state index contributed by atoms with van der Waals surface area (Å²) in [6.07, 6.45) is -0.0430. The van der Waals surface area contributed by atoms with E-state index in [0.29, 0.717) is 20.2 Å². The molecule has 0 fully saturated rings. The fraction of sp³-hybridized carbons (Fsp3) is 0.476. The lowest BCUT2D eigenvalue weighted by atomic mass is 9.86. The molecule has 1 aromatic heterocycles. The molecule has 0 radical (unpaired) electrons. The van der Waals surface area contributed by atoms with E-state index in [1.54, 1.807) is 32.0 Å². The molecule has 8 heteroatoms. The highest BCUT2D eigenvalue weighted by molar-refractivity contribution is 8.02. The molecule has 1 aromatic carbocycles. The SMILES string of the molecule is CC(C)c1ccc(F)c(C(C)C)c1CC(=O)N=[SH](N)(N)c1ccc(C(C)(C)O)s1. The van der Waals surface area contributed by atoms with Crippen molar-refractivity contribution in [3.05, 3.63) is 51.7 Å². The van der Waals surface area contributed by atoms with Crippen LogP contribution in [0.1, 0.15) is 74.9 Å². The third-order valence-electron chi connectivity index (χ3n) is 4.69. The summed E-state index contributed by atoms with van der Waals surface area (Å²) in [7, 11) is -3.04. The Morgan fingerprint density at radius 3 is 2.28 bits per heavy atom. The number of amides is 1. The van der Waals surface area contributed by atoms with Crippen molar-refractivity contribution in [3.63, 3.8) is 0 Å². The van der Waals surface area contributed by atoms with Crippen molar-refractivity contribution in [2.45, 2.75) is 69.6 Å². The minimum absolute atomic E-state index is 0.0430. The van der Waals surface area contributed by atoms with Gasteiger partial charge in [-0.1, -0.05) is 44.0 Å². The van der Waals surface area contributed by atoms with E-state index in [2.05, 4.69) is 4.36 Å². The second-order valence-corrected chi connectivity index (χ2v) is 12.0. The summed E-state index contributed by atoms with van der Waals surface area (Å²) in [5, 5.41) is 22.6. The molecule has 0 saturated carbocycles. The maximum Gasteiger partial charge on any atom is 0.256 e. The molecule has 2 rings (SSSR count). The first-order valence-electron chi connectivity index (χ1n) is 9.60. The largest absolute Gasteiger partial charge is 0.385 e. The number of carbonyl (C=O) groups excluding carboxylic acids is 1. The number of thiol groups is 1. The predicted molar refractivity (Wildman–Crippen MR) is 121 cm³/mol. The molecule has 0 bridgehead atoms. The van der Waals surface area contributed by atoms with Gasteiger partial charge in [0.2, 0.25) is 0 Å². The van der Waals surface area contributed by atoms with E-state index in [-0.39, 0.29) is 24.1 Å². The van der Waals surface area contributed by atoms with Crippen LogP contribution in [0, 0.1) is 5.82 Å². The Bertz CT molecular complexity index is 953. The van der Waals surface area contributed by atoms with Gasteiger partial charge < -0.3 is 5.11 Å². The number of benzene rings is 1. The number of nitrogens with two attached hydrogens (primary N) is 2. The van der Waals surface area contributed by atoms with E-state index in [1.807, 2.05) is 27.7 Å². The lowest BCUT2D eigenvalue weighted by Gasteiger charge is -2.21. The van der Waals surface area contributed by atoms with Gasteiger partial charge in [0.15, 0.2) is 0 Å². The summed E-state index contributed by atoms with van der Waals surface area (Å²) in [4.78, 5) is 13.5. The lowest BCUT2D eigenvalue weighted by Crippen LogP contribution is -2.33. The highest BCUT2D eigenvalue weighted by Gasteiger charge is 2.23. The fourth-order valence-electron chi connectivity index (χ4n) is 3.28. The highest BCUT2D eigenvalue weighted by atomic mass is 32.3. The van der Waals surface area contributed by atoms with Crippen LogP contribution in [0.15, 0.2) is 32.8 Å². The van der Waals surface area contributed by atoms with E-state index >= 15 is 0 Å². The average Bonchev–Trinajstić information content (AvgIpc) is 3.04. The fourth-order valence-corrected chi connectivity index (χ4v) is 5.89. The van der Waals surface area contributed by atoms with Crippen molar-refractivity contribution < 1.29 is 14.3 Å². The molecule has 5 N–H and O–H groups in total. The van der Waals surface area contributed by atoms with E-state index < -0.39 is 21.7 Å². The van der Waals surface area contributed by atoms with Gasteiger partial charge >= 0.3 is 0 Å². The van der Waals surface area contributed by atoms with Crippen LogP contribution in [0.4, 0.5) is 4.39 Å². The minimum Gasteiger partial charge on any atom is -0.385 e. The first kappa shape index (κ1) is 23.8. The summed E-state index contributed by atoms with van der Waals surface area (Å²) < 4.78 is 19.2. The van der Waals surface area contributed by atoms with Crippen LogP contribution < -0.4 is 10.3 Å². The zero-order valence-electron chi connectivity index (χ0n) is 17.9. The molecule has 1 heterocycles. The quantitative estimate of drug-likeness (QED) is 0.502. The Hall–Kier alpha value is -1.45. The van der Waals surface area contributed by atoms with Gasteiger partial charge in [-0.25, -0.2) is 4.39 Å². The zero-order valence-corrected chi connectivity index (χ0v) is 19.6. The van der Waals surface area contributed by atoms with Crippen LogP contribution in [0.2, 0.25) is 0 Å². The molecule has 29 heavy (non-hydrogen) atoms. The van der Waals surface area contributed by atoms with Crippen LogP contribution in [0.25, 0.3) is 0 Å². The first-order chi connectivity index (χ1) is 13.2. The van der Waals surface area contributed by atoms with Gasteiger partial charge in [-0.3, -0.25) is 15.1 Å². The monoisotopic (exact) mass is 441 g/mol. The molecular weight excluding hydrogens is 409 g/mol. The third kappa shape index (κ3) is 5.58. The van der Waals surface area contributed by atoms with Crippen molar-refractivity contribution in [2.75, 3.05) is 0 Å². The Balaban J connectivity index is 2.44. The Morgan fingerprint density at radius 2 is 1.79 bits per heavy atom. The van der Waals surface area contributed by atoms with Crippen LogP contribution in [-0.2, 0) is 27.0 Å².